The first-order valence-electron chi connectivity index (χ1n) is 9.18. The highest BCUT2D eigenvalue weighted by molar-refractivity contribution is 7.07. The first kappa shape index (κ1) is 16.1. The molecule has 1 saturated heterocycles. The molecule has 1 amide bonds. The SMILES string of the molecule is O=C(c1ccc2c(c1)OCO2)N(Cc1ccsc1)[C@@H]1CC12CCNCC2. The van der Waals surface area contributed by atoms with Gasteiger partial charge in [-0.25, -0.2) is 0 Å². The third-order valence-electron chi connectivity index (χ3n) is 5.94. The van der Waals surface area contributed by atoms with Crippen LogP contribution in [0.25, 0.3) is 0 Å². The topological polar surface area (TPSA) is 50.8 Å². The fourth-order valence-corrected chi connectivity index (χ4v) is 4.99. The predicted octanol–water partition coefficient (Wildman–Crippen LogP) is 3.26. The second kappa shape index (κ2) is 6.28. The molecule has 0 bridgehead atoms. The highest BCUT2D eigenvalue weighted by atomic mass is 32.1. The monoisotopic (exact) mass is 370 g/mol. The molecule has 1 aromatic heterocycles. The molecule has 6 heteroatoms. The third-order valence-corrected chi connectivity index (χ3v) is 6.67. The lowest BCUT2D eigenvalue weighted by molar-refractivity contribution is 0.0692. The minimum absolute atomic E-state index is 0.0925. The van der Waals surface area contributed by atoms with Gasteiger partial charge in [-0.15, -0.1) is 0 Å². The van der Waals surface area contributed by atoms with E-state index in [4.69, 9.17) is 9.47 Å². The normalized spacial score (nSPS) is 22.4. The molecule has 1 spiro atoms. The van der Waals surface area contributed by atoms with Gasteiger partial charge in [0.1, 0.15) is 0 Å². The Morgan fingerprint density at radius 1 is 1.23 bits per heavy atom. The van der Waals surface area contributed by atoms with Crippen LogP contribution in [0.2, 0.25) is 0 Å². The molecule has 3 aliphatic rings. The van der Waals surface area contributed by atoms with Gasteiger partial charge in [0.2, 0.25) is 6.79 Å². The van der Waals surface area contributed by atoms with E-state index in [-0.39, 0.29) is 12.7 Å². The van der Waals surface area contributed by atoms with E-state index in [9.17, 15) is 4.79 Å². The van der Waals surface area contributed by atoms with Crippen molar-refractivity contribution >= 4 is 17.2 Å². The van der Waals surface area contributed by atoms with Crippen molar-refractivity contribution in [3.63, 3.8) is 0 Å². The summed E-state index contributed by atoms with van der Waals surface area (Å²) in [7, 11) is 0. The number of nitrogens with zero attached hydrogens (tertiary/aromatic N) is 1. The summed E-state index contributed by atoms with van der Waals surface area (Å²) in [5.74, 6) is 1.47. The smallest absolute Gasteiger partial charge is 0.254 e. The van der Waals surface area contributed by atoms with Crippen molar-refractivity contribution in [1.29, 1.82) is 0 Å². The predicted molar refractivity (Wildman–Crippen MR) is 99.7 cm³/mol. The van der Waals surface area contributed by atoms with Gasteiger partial charge in [0.05, 0.1) is 0 Å². The molecule has 1 aliphatic carbocycles. The standard InChI is InChI=1S/C20H22N2O3S/c23-19(15-1-2-16-17(9-15)25-13-24-16)22(11-14-3-8-26-12-14)18-10-20(18)4-6-21-7-5-20/h1-3,8-9,12,18,21H,4-7,10-11,13H2/t18-/m1/s1. The van der Waals surface area contributed by atoms with E-state index >= 15 is 0 Å². The van der Waals surface area contributed by atoms with E-state index in [1.165, 1.54) is 5.56 Å². The highest BCUT2D eigenvalue weighted by Crippen LogP contribution is 2.56. The zero-order valence-electron chi connectivity index (χ0n) is 14.6. The Morgan fingerprint density at radius 3 is 2.88 bits per heavy atom. The number of thiophene rings is 1. The molecular formula is C20H22N2O3S. The van der Waals surface area contributed by atoms with E-state index < -0.39 is 0 Å². The van der Waals surface area contributed by atoms with Crippen LogP contribution in [0.4, 0.5) is 0 Å². The number of nitrogens with one attached hydrogen (secondary N) is 1. The fraction of sp³-hybridized carbons (Fsp3) is 0.450. The van der Waals surface area contributed by atoms with Crippen LogP contribution < -0.4 is 14.8 Å². The van der Waals surface area contributed by atoms with Crippen molar-refractivity contribution in [1.82, 2.24) is 10.2 Å². The maximum absolute atomic E-state index is 13.4. The van der Waals surface area contributed by atoms with Gasteiger partial charge in [-0.1, -0.05) is 0 Å². The molecule has 1 N–H and O–H groups in total. The fourth-order valence-electron chi connectivity index (χ4n) is 4.33. The number of fused-ring (bicyclic) bond motifs is 1. The lowest BCUT2D eigenvalue weighted by atomic mass is 9.93. The zero-order chi connectivity index (χ0) is 17.6. The van der Waals surface area contributed by atoms with Crippen LogP contribution in [0.5, 0.6) is 11.5 Å². The van der Waals surface area contributed by atoms with Crippen LogP contribution in [0, 0.1) is 5.41 Å². The van der Waals surface area contributed by atoms with Gasteiger partial charge < -0.3 is 19.7 Å². The van der Waals surface area contributed by atoms with Crippen molar-refractivity contribution in [3.05, 3.63) is 46.2 Å². The largest absolute Gasteiger partial charge is 0.454 e. The lowest BCUT2D eigenvalue weighted by Gasteiger charge is -2.29. The summed E-state index contributed by atoms with van der Waals surface area (Å²) in [6.07, 6.45) is 3.44. The number of hydrogen-bond donors (Lipinski definition) is 1. The second-order valence-corrected chi connectivity index (χ2v) is 8.25. The van der Waals surface area contributed by atoms with Crippen molar-refractivity contribution in [2.75, 3.05) is 19.9 Å². The van der Waals surface area contributed by atoms with E-state index in [2.05, 4.69) is 27.0 Å². The summed E-state index contributed by atoms with van der Waals surface area (Å²) in [6.45, 7) is 3.02. The average Bonchev–Trinajstić information content (AvgIpc) is 3.08. The number of amides is 1. The molecular weight excluding hydrogens is 348 g/mol. The van der Waals surface area contributed by atoms with Gasteiger partial charge in [0, 0.05) is 18.2 Å². The van der Waals surface area contributed by atoms with Crippen LogP contribution in [0.1, 0.15) is 35.2 Å². The summed E-state index contributed by atoms with van der Waals surface area (Å²) in [5, 5.41) is 7.65. The van der Waals surface area contributed by atoms with Gasteiger partial charge >= 0.3 is 0 Å². The first-order valence-corrected chi connectivity index (χ1v) is 10.1. The minimum Gasteiger partial charge on any atom is -0.454 e. The molecule has 1 saturated carbocycles. The molecule has 5 nitrogen and oxygen atoms in total. The molecule has 2 aliphatic heterocycles. The maximum Gasteiger partial charge on any atom is 0.254 e. The number of rotatable bonds is 4. The van der Waals surface area contributed by atoms with Gasteiger partial charge in [-0.2, -0.15) is 11.3 Å². The van der Waals surface area contributed by atoms with E-state index in [0.717, 1.165) is 32.4 Å². The second-order valence-electron chi connectivity index (χ2n) is 7.46. The number of carbonyl (C=O) groups excluding carboxylic acids is 1. The van der Waals surface area contributed by atoms with Crippen molar-refractivity contribution < 1.29 is 14.3 Å². The van der Waals surface area contributed by atoms with Crippen molar-refractivity contribution in [2.24, 2.45) is 5.41 Å². The summed E-state index contributed by atoms with van der Waals surface area (Å²) >= 11 is 1.68. The molecule has 136 valence electrons. The molecule has 0 radical (unpaired) electrons. The van der Waals surface area contributed by atoms with Crippen molar-refractivity contribution in [3.8, 4) is 11.5 Å². The van der Waals surface area contributed by atoms with Gasteiger partial charge in [-0.05, 0) is 78.4 Å². The summed E-state index contributed by atoms with van der Waals surface area (Å²) in [4.78, 5) is 15.5. The molecule has 26 heavy (non-hydrogen) atoms. The maximum atomic E-state index is 13.4. The number of benzene rings is 1. The Hall–Kier alpha value is -2.05. The quantitative estimate of drug-likeness (QED) is 0.898. The summed E-state index contributed by atoms with van der Waals surface area (Å²) in [6, 6.07) is 7.96. The Morgan fingerprint density at radius 2 is 2.08 bits per heavy atom. The van der Waals surface area contributed by atoms with Crippen LogP contribution in [0.3, 0.4) is 0 Å². The van der Waals surface area contributed by atoms with Crippen molar-refractivity contribution in [2.45, 2.75) is 31.8 Å². The molecule has 3 heterocycles. The summed E-state index contributed by atoms with van der Waals surface area (Å²) in [5.41, 5.74) is 2.20. The first-order chi connectivity index (χ1) is 12.8. The zero-order valence-corrected chi connectivity index (χ0v) is 15.4. The van der Waals surface area contributed by atoms with E-state index in [0.29, 0.717) is 35.1 Å². The van der Waals surface area contributed by atoms with Gasteiger partial charge in [0.25, 0.3) is 5.91 Å². The van der Waals surface area contributed by atoms with Gasteiger partial charge in [0.15, 0.2) is 11.5 Å². The third kappa shape index (κ3) is 2.77. The number of piperidine rings is 1. The molecule has 5 rings (SSSR count). The Balaban J connectivity index is 1.43. The average molecular weight is 370 g/mol. The van der Waals surface area contributed by atoms with Crippen LogP contribution in [-0.2, 0) is 6.54 Å². The molecule has 2 fully saturated rings. The van der Waals surface area contributed by atoms with E-state index in [1.807, 2.05) is 18.2 Å². The molecule has 1 aromatic carbocycles. The Labute approximate surface area is 156 Å². The van der Waals surface area contributed by atoms with Crippen LogP contribution in [-0.4, -0.2) is 36.7 Å². The lowest BCUT2D eigenvalue weighted by Crippen LogP contribution is -2.39. The highest BCUT2D eigenvalue weighted by Gasteiger charge is 2.57. The van der Waals surface area contributed by atoms with Crippen LogP contribution >= 0.6 is 11.3 Å². The number of hydrogen-bond acceptors (Lipinski definition) is 5. The minimum atomic E-state index is 0.0925. The van der Waals surface area contributed by atoms with E-state index in [1.54, 1.807) is 11.3 Å². The summed E-state index contributed by atoms with van der Waals surface area (Å²) < 4.78 is 10.8. The number of carbonyl (C=O) groups is 1. The van der Waals surface area contributed by atoms with Gasteiger partial charge in [-0.3, -0.25) is 4.79 Å². The molecule has 1 atom stereocenters. The Kier molecular flexibility index (Phi) is 3.90. The van der Waals surface area contributed by atoms with Crippen LogP contribution in [0.15, 0.2) is 35.0 Å². The number of ether oxygens (including phenoxy) is 2. The molecule has 0 unspecified atom stereocenters. The Bertz CT molecular complexity index is 814. The molecule has 2 aromatic rings.